The van der Waals surface area contributed by atoms with Gasteiger partial charge in [-0.1, -0.05) is 19.8 Å². The Balaban J connectivity index is 2.41. The summed E-state index contributed by atoms with van der Waals surface area (Å²) in [6.45, 7) is 6.88. The molecule has 0 bridgehead atoms. The third-order valence-corrected chi connectivity index (χ3v) is 6.52. The minimum absolute atomic E-state index is 0.548. The molecule has 1 aliphatic rings. The lowest BCUT2D eigenvalue weighted by Gasteiger charge is -2.35. The zero-order valence-electron chi connectivity index (χ0n) is 8.02. The maximum atomic E-state index is 6.05. The first kappa shape index (κ1) is 9.27. The molecule has 1 saturated heterocycles. The lowest BCUT2D eigenvalue weighted by molar-refractivity contribution is 0.176. The first-order valence-electron chi connectivity index (χ1n) is 4.84. The van der Waals surface area contributed by atoms with Crippen molar-refractivity contribution >= 4 is 8.32 Å². The van der Waals surface area contributed by atoms with Gasteiger partial charge in [-0.05, 0) is 32.0 Å². The van der Waals surface area contributed by atoms with Gasteiger partial charge in [-0.2, -0.15) is 0 Å². The highest BCUT2D eigenvalue weighted by Gasteiger charge is 2.32. The van der Waals surface area contributed by atoms with Crippen LogP contribution in [0, 0.1) is 0 Å². The molecule has 0 aromatic carbocycles. The van der Waals surface area contributed by atoms with E-state index in [2.05, 4.69) is 20.4 Å². The van der Waals surface area contributed by atoms with E-state index in [1.54, 1.807) is 0 Å². The van der Waals surface area contributed by atoms with Gasteiger partial charge in [0.1, 0.15) is 0 Å². The van der Waals surface area contributed by atoms with E-state index in [9.17, 15) is 0 Å². The zero-order valence-corrected chi connectivity index (χ0v) is 9.02. The van der Waals surface area contributed by atoms with E-state index in [1.807, 2.05) is 0 Å². The molecule has 0 aliphatic carbocycles. The highest BCUT2D eigenvalue weighted by atomic mass is 28.4. The molecule has 0 N–H and O–H groups in total. The third kappa shape index (κ3) is 2.60. The molecule has 0 saturated carbocycles. The smallest absolute Gasteiger partial charge is 0.190 e. The van der Waals surface area contributed by atoms with Crippen molar-refractivity contribution in [3.05, 3.63) is 0 Å². The van der Waals surface area contributed by atoms with Gasteiger partial charge < -0.3 is 4.43 Å². The van der Waals surface area contributed by atoms with Crippen molar-refractivity contribution in [3.63, 3.8) is 0 Å². The summed E-state index contributed by atoms with van der Waals surface area (Å²) in [6, 6.07) is 2.75. The van der Waals surface area contributed by atoms with Crippen LogP contribution in [0.3, 0.4) is 0 Å². The lowest BCUT2D eigenvalue weighted by atomic mass is 10.2. The molecule has 1 heterocycles. The fraction of sp³-hybridized carbons (Fsp3) is 1.00. The van der Waals surface area contributed by atoms with Gasteiger partial charge in [0.25, 0.3) is 0 Å². The van der Waals surface area contributed by atoms with Crippen LogP contribution < -0.4 is 0 Å². The fourth-order valence-electron chi connectivity index (χ4n) is 2.08. The molecule has 0 aromatic heterocycles. The summed E-state index contributed by atoms with van der Waals surface area (Å²) in [5.41, 5.74) is 0. The molecule has 2 heteroatoms. The van der Waals surface area contributed by atoms with Gasteiger partial charge in [-0.3, -0.25) is 0 Å². The van der Waals surface area contributed by atoms with Crippen LogP contribution in [0.1, 0.15) is 33.1 Å². The van der Waals surface area contributed by atoms with Gasteiger partial charge in [-0.15, -0.1) is 0 Å². The molecule has 1 rings (SSSR count). The van der Waals surface area contributed by atoms with Gasteiger partial charge in [0, 0.05) is 6.10 Å². The Bertz CT molecular complexity index is 123. The van der Waals surface area contributed by atoms with E-state index < -0.39 is 8.32 Å². The van der Waals surface area contributed by atoms with Gasteiger partial charge >= 0.3 is 0 Å². The van der Waals surface area contributed by atoms with E-state index in [-0.39, 0.29) is 0 Å². The Morgan fingerprint density at radius 3 is 2.82 bits per heavy atom. The number of hydrogen-bond acceptors (Lipinski definition) is 1. The van der Waals surface area contributed by atoms with E-state index in [4.69, 9.17) is 4.43 Å². The van der Waals surface area contributed by atoms with Crippen molar-refractivity contribution in [1.82, 2.24) is 0 Å². The summed E-state index contributed by atoms with van der Waals surface area (Å²) >= 11 is 0. The van der Waals surface area contributed by atoms with Gasteiger partial charge in [0.2, 0.25) is 0 Å². The highest BCUT2D eigenvalue weighted by Crippen LogP contribution is 2.29. The van der Waals surface area contributed by atoms with Crippen molar-refractivity contribution in [1.29, 1.82) is 0 Å². The van der Waals surface area contributed by atoms with E-state index in [0.29, 0.717) is 6.10 Å². The second kappa shape index (κ2) is 3.72. The van der Waals surface area contributed by atoms with Crippen LogP contribution in [0.5, 0.6) is 0 Å². The predicted molar refractivity (Wildman–Crippen MR) is 51.3 cm³/mol. The quantitative estimate of drug-likeness (QED) is 0.581. The summed E-state index contributed by atoms with van der Waals surface area (Å²) < 4.78 is 6.05. The maximum absolute atomic E-state index is 6.05. The van der Waals surface area contributed by atoms with Crippen molar-refractivity contribution in [2.24, 2.45) is 0 Å². The maximum Gasteiger partial charge on any atom is 0.190 e. The Morgan fingerprint density at radius 2 is 2.27 bits per heavy atom. The van der Waals surface area contributed by atoms with Gasteiger partial charge in [-0.25, -0.2) is 0 Å². The molecule has 1 aliphatic heterocycles. The zero-order chi connectivity index (χ0) is 8.32. The summed E-state index contributed by atoms with van der Waals surface area (Å²) in [5, 5.41) is 0. The molecule has 1 fully saturated rings. The number of rotatable bonds is 2. The van der Waals surface area contributed by atoms with Crippen molar-refractivity contribution < 1.29 is 4.43 Å². The summed E-state index contributed by atoms with van der Waals surface area (Å²) in [6.07, 6.45) is 4.54. The number of hydrogen-bond donors (Lipinski definition) is 0. The summed E-state index contributed by atoms with van der Waals surface area (Å²) in [5.74, 6) is 0. The Hall–Kier alpha value is 0.177. The van der Waals surface area contributed by atoms with Crippen LogP contribution in [-0.4, -0.2) is 14.4 Å². The van der Waals surface area contributed by atoms with Crippen molar-refractivity contribution in [2.45, 2.75) is 57.8 Å². The third-order valence-electron chi connectivity index (χ3n) is 2.58. The fourth-order valence-corrected chi connectivity index (χ4v) is 5.66. The minimum atomic E-state index is -1.20. The highest BCUT2D eigenvalue weighted by molar-refractivity contribution is 6.72. The predicted octanol–water partition coefficient (Wildman–Crippen LogP) is 3.17. The standard InChI is InChI=1S/C9H20OSi/c1-4-7-11(3)8-5-6-9(2)10-11/h9H,4-8H2,1-3H3. The van der Waals surface area contributed by atoms with Gasteiger partial charge in [0.15, 0.2) is 8.32 Å². The first-order chi connectivity index (χ1) is 5.16. The lowest BCUT2D eigenvalue weighted by Crippen LogP contribution is -2.41. The molecule has 66 valence electrons. The molecule has 11 heavy (non-hydrogen) atoms. The molecule has 2 atom stereocenters. The molecule has 2 unspecified atom stereocenters. The first-order valence-corrected chi connectivity index (χ1v) is 7.66. The van der Waals surface area contributed by atoms with Crippen molar-refractivity contribution in [3.8, 4) is 0 Å². The molecule has 0 spiro atoms. The van der Waals surface area contributed by atoms with E-state index in [1.165, 1.54) is 31.4 Å². The van der Waals surface area contributed by atoms with Crippen LogP contribution in [0.2, 0.25) is 18.6 Å². The van der Waals surface area contributed by atoms with Crippen LogP contribution in [0.15, 0.2) is 0 Å². The average molecular weight is 172 g/mol. The molecule has 0 aromatic rings. The summed E-state index contributed by atoms with van der Waals surface area (Å²) in [7, 11) is -1.20. The normalized spacial score (nSPS) is 39.0. The summed E-state index contributed by atoms with van der Waals surface area (Å²) in [4.78, 5) is 0. The SMILES string of the molecule is CCC[Si]1(C)CCCC(C)O1. The van der Waals surface area contributed by atoms with Crippen LogP contribution in [0.4, 0.5) is 0 Å². The minimum Gasteiger partial charge on any atom is -0.414 e. The van der Waals surface area contributed by atoms with E-state index >= 15 is 0 Å². The molecule has 0 radical (unpaired) electrons. The molecular weight excluding hydrogens is 152 g/mol. The largest absolute Gasteiger partial charge is 0.414 e. The van der Waals surface area contributed by atoms with E-state index in [0.717, 1.165) is 0 Å². The molecular formula is C9H20OSi. The Morgan fingerprint density at radius 1 is 1.55 bits per heavy atom. The molecule has 1 nitrogen and oxygen atoms in total. The molecule has 0 amide bonds. The van der Waals surface area contributed by atoms with Gasteiger partial charge in [0.05, 0.1) is 0 Å². The second-order valence-corrected chi connectivity index (χ2v) is 8.16. The second-order valence-electron chi connectivity index (χ2n) is 4.02. The average Bonchev–Trinajstić information content (AvgIpc) is 1.86. The van der Waals surface area contributed by atoms with Crippen molar-refractivity contribution in [2.75, 3.05) is 0 Å². The Labute approximate surface area is 71.3 Å². The topological polar surface area (TPSA) is 9.23 Å². The Kier molecular flexibility index (Phi) is 3.13. The van der Waals surface area contributed by atoms with Crippen LogP contribution >= 0.6 is 0 Å². The van der Waals surface area contributed by atoms with Crippen LogP contribution in [0.25, 0.3) is 0 Å². The van der Waals surface area contributed by atoms with Crippen LogP contribution in [-0.2, 0) is 4.43 Å². The monoisotopic (exact) mass is 172 g/mol.